The molecule has 0 aliphatic carbocycles. The van der Waals surface area contributed by atoms with Crippen LogP contribution in [0.3, 0.4) is 0 Å². The van der Waals surface area contributed by atoms with E-state index in [0.717, 1.165) is 55.4 Å². The molecule has 0 bridgehead atoms. The first-order chi connectivity index (χ1) is 17.3. The SMILES string of the molecule is CC(F)(F)c1ccc(CNC(=O)c2cccc(-c3cnc(N)c4nc(C5CCCNC5)cn34)c2)cc1. The third kappa shape index (κ3) is 4.92. The summed E-state index contributed by atoms with van der Waals surface area (Å²) in [6.07, 6.45) is 5.87. The van der Waals surface area contributed by atoms with Gasteiger partial charge >= 0.3 is 0 Å². The summed E-state index contributed by atoms with van der Waals surface area (Å²) in [6, 6.07) is 13.2. The first kappa shape index (κ1) is 23.9. The Morgan fingerprint density at radius 3 is 2.78 bits per heavy atom. The van der Waals surface area contributed by atoms with Gasteiger partial charge in [-0.2, -0.15) is 0 Å². The molecule has 2 aromatic carbocycles. The fourth-order valence-electron chi connectivity index (χ4n) is 4.55. The molecule has 4 aromatic rings. The Morgan fingerprint density at radius 1 is 1.25 bits per heavy atom. The van der Waals surface area contributed by atoms with E-state index in [-0.39, 0.29) is 18.0 Å². The van der Waals surface area contributed by atoms with E-state index in [9.17, 15) is 13.6 Å². The summed E-state index contributed by atoms with van der Waals surface area (Å²) in [5, 5.41) is 6.27. The number of nitrogens with two attached hydrogens (primary N) is 1. The zero-order chi connectivity index (χ0) is 25.3. The highest BCUT2D eigenvalue weighted by atomic mass is 19.3. The van der Waals surface area contributed by atoms with Crippen molar-refractivity contribution in [3.8, 4) is 11.3 Å². The van der Waals surface area contributed by atoms with E-state index >= 15 is 0 Å². The first-order valence-corrected chi connectivity index (χ1v) is 12.0. The Labute approximate surface area is 207 Å². The van der Waals surface area contributed by atoms with Crippen LogP contribution in [-0.2, 0) is 12.5 Å². The van der Waals surface area contributed by atoms with E-state index in [1.165, 1.54) is 12.1 Å². The van der Waals surface area contributed by atoms with Gasteiger partial charge in [-0.25, -0.2) is 18.7 Å². The van der Waals surface area contributed by atoms with Crippen molar-refractivity contribution in [1.82, 2.24) is 25.0 Å². The van der Waals surface area contributed by atoms with Crippen molar-refractivity contribution < 1.29 is 13.6 Å². The van der Waals surface area contributed by atoms with Crippen LogP contribution < -0.4 is 16.4 Å². The Morgan fingerprint density at radius 2 is 2.06 bits per heavy atom. The summed E-state index contributed by atoms with van der Waals surface area (Å²) in [7, 11) is 0. The van der Waals surface area contributed by atoms with Crippen molar-refractivity contribution in [1.29, 1.82) is 0 Å². The maximum absolute atomic E-state index is 13.4. The minimum atomic E-state index is -2.89. The Bertz CT molecular complexity index is 1390. The number of benzene rings is 2. The van der Waals surface area contributed by atoms with Crippen molar-refractivity contribution in [2.45, 2.75) is 38.2 Å². The van der Waals surface area contributed by atoms with Gasteiger partial charge in [-0.1, -0.05) is 36.4 Å². The van der Waals surface area contributed by atoms with E-state index in [1.54, 1.807) is 30.5 Å². The smallest absolute Gasteiger partial charge is 0.270 e. The van der Waals surface area contributed by atoms with Gasteiger partial charge in [0.25, 0.3) is 11.8 Å². The molecule has 0 saturated carbocycles. The van der Waals surface area contributed by atoms with Crippen LogP contribution in [0.25, 0.3) is 16.9 Å². The summed E-state index contributed by atoms with van der Waals surface area (Å²) in [4.78, 5) is 22.0. The van der Waals surface area contributed by atoms with E-state index < -0.39 is 5.92 Å². The molecule has 1 unspecified atom stereocenters. The molecular weight excluding hydrogens is 462 g/mol. The van der Waals surface area contributed by atoms with Gasteiger partial charge in [-0.05, 0) is 37.1 Å². The lowest BCUT2D eigenvalue weighted by molar-refractivity contribution is 0.0174. The Balaban J connectivity index is 1.36. The molecule has 0 spiro atoms. The number of halogens is 2. The molecule has 1 aliphatic rings. The van der Waals surface area contributed by atoms with Gasteiger partial charge in [0, 0.05) is 48.8 Å². The number of nitrogens with zero attached hydrogens (tertiary/aromatic N) is 3. The Hall–Kier alpha value is -3.85. The fraction of sp³-hybridized carbons (Fsp3) is 0.296. The predicted molar refractivity (Wildman–Crippen MR) is 135 cm³/mol. The quantitative estimate of drug-likeness (QED) is 0.370. The molecule has 1 aliphatic heterocycles. The van der Waals surface area contributed by atoms with Crippen LogP contribution in [0.2, 0.25) is 0 Å². The minimum absolute atomic E-state index is 0.0592. The van der Waals surface area contributed by atoms with Crippen molar-refractivity contribution >= 4 is 17.4 Å². The number of imidazole rings is 1. The molecule has 2 aromatic heterocycles. The van der Waals surface area contributed by atoms with Crippen LogP contribution in [0.5, 0.6) is 0 Å². The van der Waals surface area contributed by atoms with Gasteiger partial charge in [0.05, 0.1) is 17.6 Å². The summed E-state index contributed by atoms with van der Waals surface area (Å²) in [5.74, 6) is -2.48. The highest BCUT2D eigenvalue weighted by molar-refractivity contribution is 5.95. The summed E-state index contributed by atoms with van der Waals surface area (Å²) >= 11 is 0. The molecule has 3 heterocycles. The lowest BCUT2D eigenvalue weighted by atomic mass is 9.97. The minimum Gasteiger partial charge on any atom is -0.381 e. The fourth-order valence-corrected chi connectivity index (χ4v) is 4.55. The van der Waals surface area contributed by atoms with Crippen LogP contribution in [0, 0.1) is 0 Å². The number of rotatable bonds is 6. The normalized spacial score (nSPS) is 16.2. The van der Waals surface area contributed by atoms with E-state index in [1.807, 2.05) is 22.7 Å². The number of hydrogen-bond donors (Lipinski definition) is 3. The number of fused-ring (bicyclic) bond motifs is 1. The molecule has 4 N–H and O–H groups in total. The predicted octanol–water partition coefficient (Wildman–Crippen LogP) is 4.49. The number of carbonyl (C=O) groups is 1. The summed E-state index contributed by atoms with van der Waals surface area (Å²) in [6.45, 7) is 2.99. The number of alkyl halides is 2. The lowest BCUT2D eigenvalue weighted by Gasteiger charge is -2.20. The molecule has 1 saturated heterocycles. The maximum atomic E-state index is 13.4. The molecule has 1 fully saturated rings. The molecule has 1 amide bonds. The number of aromatic nitrogens is 3. The molecular formula is C27H28F2N6O. The van der Waals surface area contributed by atoms with Gasteiger partial charge in [0.15, 0.2) is 11.5 Å². The number of amides is 1. The standard InChI is InChI=1S/C27H28F2N6O/c1-27(28,29)21-9-7-17(8-10-21)13-33-26(36)19-5-2-4-18(12-19)23-15-32-24(30)25-34-22(16-35(23)25)20-6-3-11-31-14-20/h2,4-5,7-10,12,15-16,20,31H,3,6,11,13-14H2,1H3,(H2,30,32)(H,33,36). The Kier molecular flexibility index (Phi) is 6.40. The second-order valence-electron chi connectivity index (χ2n) is 9.28. The highest BCUT2D eigenvalue weighted by Crippen LogP contribution is 2.29. The summed E-state index contributed by atoms with van der Waals surface area (Å²) < 4.78 is 28.8. The number of anilines is 1. The van der Waals surface area contributed by atoms with Crippen molar-refractivity contribution in [3.63, 3.8) is 0 Å². The largest absolute Gasteiger partial charge is 0.381 e. The zero-order valence-electron chi connectivity index (χ0n) is 20.0. The van der Waals surface area contributed by atoms with Gasteiger partial charge in [-0.15, -0.1) is 0 Å². The topological polar surface area (TPSA) is 97.3 Å². The van der Waals surface area contributed by atoms with Gasteiger partial charge in [-0.3, -0.25) is 9.20 Å². The van der Waals surface area contributed by atoms with Crippen LogP contribution >= 0.6 is 0 Å². The molecule has 7 nitrogen and oxygen atoms in total. The van der Waals surface area contributed by atoms with Crippen LogP contribution in [-0.4, -0.2) is 33.4 Å². The van der Waals surface area contributed by atoms with Crippen molar-refractivity contribution in [2.75, 3.05) is 18.8 Å². The zero-order valence-corrected chi connectivity index (χ0v) is 20.0. The van der Waals surface area contributed by atoms with Gasteiger partial charge in [0.2, 0.25) is 0 Å². The molecule has 1 atom stereocenters. The third-order valence-electron chi connectivity index (χ3n) is 6.59. The molecule has 9 heteroatoms. The van der Waals surface area contributed by atoms with Gasteiger partial charge in [0.1, 0.15) is 0 Å². The average Bonchev–Trinajstić information content (AvgIpc) is 3.34. The average molecular weight is 491 g/mol. The second-order valence-corrected chi connectivity index (χ2v) is 9.28. The lowest BCUT2D eigenvalue weighted by Crippen LogP contribution is -2.28. The van der Waals surface area contributed by atoms with E-state index in [4.69, 9.17) is 10.7 Å². The number of piperidine rings is 1. The first-order valence-electron chi connectivity index (χ1n) is 12.0. The summed E-state index contributed by atoms with van der Waals surface area (Å²) in [5.41, 5.74) is 10.5. The van der Waals surface area contributed by atoms with E-state index in [0.29, 0.717) is 22.9 Å². The monoisotopic (exact) mass is 490 g/mol. The maximum Gasteiger partial charge on any atom is 0.270 e. The molecule has 36 heavy (non-hydrogen) atoms. The molecule has 186 valence electrons. The number of carbonyl (C=O) groups excluding carboxylic acids is 1. The van der Waals surface area contributed by atoms with Crippen LogP contribution in [0.15, 0.2) is 60.9 Å². The van der Waals surface area contributed by atoms with Gasteiger partial charge < -0.3 is 16.4 Å². The van der Waals surface area contributed by atoms with E-state index in [2.05, 4.69) is 15.6 Å². The van der Waals surface area contributed by atoms with Crippen LogP contribution in [0.4, 0.5) is 14.6 Å². The number of nitrogen functional groups attached to an aromatic ring is 1. The number of hydrogen-bond acceptors (Lipinski definition) is 5. The molecule has 0 radical (unpaired) electrons. The van der Waals surface area contributed by atoms with Crippen molar-refractivity contribution in [2.24, 2.45) is 0 Å². The second kappa shape index (κ2) is 9.66. The third-order valence-corrected chi connectivity index (χ3v) is 6.59. The van der Waals surface area contributed by atoms with Crippen molar-refractivity contribution in [3.05, 3.63) is 83.3 Å². The van der Waals surface area contributed by atoms with Crippen LogP contribution in [0.1, 0.15) is 52.9 Å². The molecule has 5 rings (SSSR count). The number of nitrogens with one attached hydrogen (secondary N) is 2. The highest BCUT2D eigenvalue weighted by Gasteiger charge is 2.24.